The van der Waals surface area contributed by atoms with E-state index in [1.807, 2.05) is 0 Å². The average molecular weight is 741 g/mol. The lowest BCUT2D eigenvalue weighted by atomic mass is 9.99. The van der Waals surface area contributed by atoms with E-state index in [0.717, 1.165) is 66.4 Å². The smallest absolute Gasteiger partial charge is 0.139 e. The third-order valence-corrected chi connectivity index (χ3v) is 12.1. The molecule has 4 heteroatoms. The first-order valence-electron chi connectivity index (χ1n) is 19.7. The van der Waals surface area contributed by atoms with Crippen molar-refractivity contribution in [2.45, 2.75) is 0 Å². The van der Waals surface area contributed by atoms with Gasteiger partial charge >= 0.3 is 0 Å². The fourth-order valence-electron chi connectivity index (χ4n) is 9.42. The zero-order valence-electron chi connectivity index (χ0n) is 31.2. The van der Waals surface area contributed by atoms with Crippen LogP contribution in [0, 0.1) is 0 Å². The fourth-order valence-corrected chi connectivity index (χ4v) is 9.42. The predicted molar refractivity (Wildman–Crippen MR) is 241 cm³/mol. The Bertz CT molecular complexity index is 3540. The van der Waals surface area contributed by atoms with Crippen molar-refractivity contribution in [2.75, 3.05) is 0 Å². The highest BCUT2D eigenvalue weighted by Crippen LogP contribution is 2.41. The number of rotatable bonds is 4. The van der Waals surface area contributed by atoms with Crippen LogP contribution in [-0.2, 0) is 0 Å². The Labute approximate surface area is 332 Å². The van der Waals surface area contributed by atoms with Crippen molar-refractivity contribution in [1.82, 2.24) is 9.13 Å². The number of aromatic nitrogens is 2. The van der Waals surface area contributed by atoms with Gasteiger partial charge in [-0.05, 0) is 113 Å². The van der Waals surface area contributed by atoms with Crippen LogP contribution in [0.2, 0.25) is 0 Å². The quantitative estimate of drug-likeness (QED) is 0.180. The highest BCUT2D eigenvalue weighted by Gasteiger charge is 2.18. The van der Waals surface area contributed by atoms with E-state index in [9.17, 15) is 0 Å². The number of hydrogen-bond donors (Lipinski definition) is 0. The first-order valence-corrected chi connectivity index (χ1v) is 19.7. The van der Waals surface area contributed by atoms with Crippen LogP contribution in [0.3, 0.4) is 0 Å². The molecular formula is C54H32N2O2. The standard InChI is InChI=1S/C54H32N2O2/c1-3-11-37(12-4-1)55-47-17-9-7-15-39(47)41-27-33(19-23-49(41)55)35-21-25-51-43(29-35)45-31-46-44-30-36(22-26-52(44)58-54(46)32-53(45)57-51)34-20-24-50-42(28-34)40-16-8-10-18-48(40)56(50)38-13-5-2-6-14-38/h1-32H. The van der Waals surface area contributed by atoms with Gasteiger partial charge in [0.2, 0.25) is 0 Å². The Kier molecular flexibility index (Phi) is 6.41. The Morgan fingerprint density at radius 3 is 1.07 bits per heavy atom. The van der Waals surface area contributed by atoms with E-state index in [-0.39, 0.29) is 0 Å². The minimum absolute atomic E-state index is 0.820. The van der Waals surface area contributed by atoms with E-state index in [2.05, 4.69) is 203 Å². The van der Waals surface area contributed by atoms with E-state index in [1.54, 1.807) is 0 Å². The van der Waals surface area contributed by atoms with Crippen LogP contribution in [0.4, 0.5) is 0 Å². The molecule has 0 aliphatic rings. The van der Waals surface area contributed by atoms with Crippen molar-refractivity contribution in [1.29, 1.82) is 0 Å². The number of fused-ring (bicyclic) bond motifs is 12. The van der Waals surface area contributed by atoms with Crippen LogP contribution < -0.4 is 0 Å². The molecule has 0 aliphatic carbocycles. The van der Waals surface area contributed by atoms with Crippen molar-refractivity contribution in [3.63, 3.8) is 0 Å². The largest absolute Gasteiger partial charge is 0.456 e. The van der Waals surface area contributed by atoms with Crippen LogP contribution >= 0.6 is 0 Å². The maximum atomic E-state index is 6.47. The van der Waals surface area contributed by atoms with Crippen LogP contribution in [0.5, 0.6) is 0 Å². The van der Waals surface area contributed by atoms with E-state index < -0.39 is 0 Å². The number of hydrogen-bond acceptors (Lipinski definition) is 2. The number of nitrogens with zero attached hydrogens (tertiary/aromatic N) is 2. The van der Waals surface area contributed by atoms with E-state index in [0.29, 0.717) is 0 Å². The highest BCUT2D eigenvalue weighted by atomic mass is 16.3. The van der Waals surface area contributed by atoms with Crippen molar-refractivity contribution >= 4 is 87.5 Å². The molecule has 58 heavy (non-hydrogen) atoms. The molecule has 0 amide bonds. The molecule has 0 saturated heterocycles. The first-order chi connectivity index (χ1) is 28.7. The van der Waals surface area contributed by atoms with Crippen molar-refractivity contribution in [3.8, 4) is 33.6 Å². The fraction of sp³-hybridized carbons (Fsp3) is 0. The molecule has 0 N–H and O–H groups in total. The topological polar surface area (TPSA) is 36.1 Å². The van der Waals surface area contributed by atoms with Gasteiger partial charge in [0.05, 0.1) is 22.1 Å². The molecule has 4 nitrogen and oxygen atoms in total. The Hall–Kier alpha value is -7.82. The minimum atomic E-state index is 0.820. The van der Waals surface area contributed by atoms with Crippen LogP contribution in [0.15, 0.2) is 203 Å². The normalized spacial score (nSPS) is 12.1. The van der Waals surface area contributed by atoms with Crippen LogP contribution in [0.1, 0.15) is 0 Å². The van der Waals surface area contributed by atoms with Gasteiger partial charge in [-0.3, -0.25) is 0 Å². The lowest BCUT2D eigenvalue weighted by Crippen LogP contribution is -1.92. The molecule has 0 unspecified atom stereocenters. The molecule has 0 aliphatic heterocycles. The van der Waals surface area contributed by atoms with E-state index in [1.165, 1.54) is 54.7 Å². The Morgan fingerprint density at radius 1 is 0.241 bits per heavy atom. The Balaban J connectivity index is 0.940. The molecule has 270 valence electrons. The second kappa shape index (κ2) is 11.8. The van der Waals surface area contributed by atoms with Gasteiger partial charge in [-0.15, -0.1) is 0 Å². The molecule has 0 radical (unpaired) electrons. The SMILES string of the molecule is c1ccc(-n2c3ccccc3c3cc(-c4ccc5oc6cc7oc8ccc(-c9ccc%10c(c9)c9ccccc9n%10-c9ccccc9)cc8c7cc6c5c4)ccc32)cc1. The predicted octanol–water partition coefficient (Wildman–Crippen LogP) is 15.0. The van der Waals surface area contributed by atoms with Gasteiger partial charge < -0.3 is 18.0 Å². The summed E-state index contributed by atoms with van der Waals surface area (Å²) in [6.07, 6.45) is 0. The average Bonchev–Trinajstić information content (AvgIpc) is 4.02. The number of benzene rings is 9. The molecule has 13 aromatic rings. The lowest BCUT2D eigenvalue weighted by Gasteiger charge is -2.08. The highest BCUT2D eigenvalue weighted by molar-refractivity contribution is 6.17. The molecule has 0 spiro atoms. The summed E-state index contributed by atoms with van der Waals surface area (Å²) >= 11 is 0. The van der Waals surface area contributed by atoms with Gasteiger partial charge in [0.25, 0.3) is 0 Å². The molecule has 13 rings (SSSR count). The maximum Gasteiger partial charge on any atom is 0.139 e. The Morgan fingerprint density at radius 2 is 0.603 bits per heavy atom. The third kappa shape index (κ3) is 4.51. The second-order valence-electron chi connectivity index (χ2n) is 15.3. The van der Waals surface area contributed by atoms with Crippen LogP contribution in [0.25, 0.3) is 121 Å². The molecular weight excluding hydrogens is 709 g/mol. The summed E-state index contributed by atoms with van der Waals surface area (Å²) in [6.45, 7) is 0. The summed E-state index contributed by atoms with van der Waals surface area (Å²) in [6, 6.07) is 69.6. The van der Waals surface area contributed by atoms with Crippen molar-refractivity contribution in [3.05, 3.63) is 194 Å². The number of furan rings is 2. The summed E-state index contributed by atoms with van der Waals surface area (Å²) < 4.78 is 17.6. The van der Waals surface area contributed by atoms with E-state index >= 15 is 0 Å². The van der Waals surface area contributed by atoms with Gasteiger partial charge in [0.15, 0.2) is 0 Å². The molecule has 4 aromatic heterocycles. The summed E-state index contributed by atoms with van der Waals surface area (Å²) in [5.74, 6) is 0. The molecule has 0 bridgehead atoms. The van der Waals surface area contributed by atoms with Gasteiger partial charge in [-0.25, -0.2) is 0 Å². The van der Waals surface area contributed by atoms with Crippen molar-refractivity contribution in [2.24, 2.45) is 0 Å². The molecule has 0 atom stereocenters. The third-order valence-electron chi connectivity index (χ3n) is 12.1. The van der Waals surface area contributed by atoms with Gasteiger partial charge in [-0.2, -0.15) is 0 Å². The molecule has 0 saturated carbocycles. The zero-order valence-corrected chi connectivity index (χ0v) is 31.2. The monoisotopic (exact) mass is 740 g/mol. The van der Waals surface area contributed by atoms with Crippen LogP contribution in [-0.4, -0.2) is 9.13 Å². The minimum Gasteiger partial charge on any atom is -0.456 e. The second-order valence-corrected chi connectivity index (χ2v) is 15.3. The van der Waals surface area contributed by atoms with Gasteiger partial charge in [0.1, 0.15) is 22.3 Å². The zero-order chi connectivity index (χ0) is 37.9. The summed E-state index contributed by atoms with van der Waals surface area (Å²) in [5.41, 5.74) is 15.1. The van der Waals surface area contributed by atoms with Gasteiger partial charge in [-0.1, -0.05) is 97.1 Å². The molecule has 9 aromatic carbocycles. The van der Waals surface area contributed by atoms with Gasteiger partial charge in [0, 0.05) is 60.5 Å². The number of para-hydroxylation sites is 4. The summed E-state index contributed by atoms with van der Waals surface area (Å²) in [5, 5.41) is 9.29. The maximum absolute atomic E-state index is 6.47. The first kappa shape index (κ1) is 31.4. The summed E-state index contributed by atoms with van der Waals surface area (Å²) in [4.78, 5) is 0. The van der Waals surface area contributed by atoms with E-state index in [4.69, 9.17) is 8.83 Å². The molecule has 0 fully saturated rings. The molecule has 4 heterocycles. The lowest BCUT2D eigenvalue weighted by molar-refractivity contribution is 0.656. The van der Waals surface area contributed by atoms with Crippen molar-refractivity contribution < 1.29 is 8.83 Å². The summed E-state index contributed by atoms with van der Waals surface area (Å²) in [7, 11) is 0.